The van der Waals surface area contributed by atoms with E-state index in [4.69, 9.17) is 12.2 Å². The smallest absolute Gasteiger partial charge is 0.177 e. The number of rotatable bonds is 2. The van der Waals surface area contributed by atoms with Gasteiger partial charge in [-0.1, -0.05) is 26.2 Å². The van der Waals surface area contributed by atoms with E-state index in [0.717, 1.165) is 10.5 Å². The zero-order valence-corrected chi connectivity index (χ0v) is 10.6. The number of aromatic nitrogens is 2. The SMILES string of the molecule is CC1CCCCCC1n1c(CO)c[nH]c1=S. The van der Waals surface area contributed by atoms with Crippen LogP contribution in [0.5, 0.6) is 0 Å². The van der Waals surface area contributed by atoms with Crippen molar-refractivity contribution in [3.63, 3.8) is 0 Å². The molecule has 0 amide bonds. The molecule has 16 heavy (non-hydrogen) atoms. The Morgan fingerprint density at radius 1 is 1.44 bits per heavy atom. The van der Waals surface area contributed by atoms with E-state index in [0.29, 0.717) is 12.0 Å². The van der Waals surface area contributed by atoms with Gasteiger partial charge in [0.15, 0.2) is 4.77 Å². The van der Waals surface area contributed by atoms with E-state index in [9.17, 15) is 5.11 Å². The predicted octanol–water partition coefficient (Wildman–Crippen LogP) is 3.18. The second-order valence-electron chi connectivity index (χ2n) is 4.80. The van der Waals surface area contributed by atoms with Crippen LogP contribution < -0.4 is 0 Å². The van der Waals surface area contributed by atoms with Crippen molar-refractivity contribution in [2.75, 3.05) is 0 Å². The van der Waals surface area contributed by atoms with Crippen LogP contribution in [0.15, 0.2) is 6.20 Å². The van der Waals surface area contributed by atoms with Crippen molar-refractivity contribution in [3.8, 4) is 0 Å². The molecule has 1 aliphatic carbocycles. The van der Waals surface area contributed by atoms with Gasteiger partial charge in [0.2, 0.25) is 0 Å². The van der Waals surface area contributed by atoms with E-state index in [1.807, 2.05) is 6.20 Å². The van der Waals surface area contributed by atoms with Gasteiger partial charge in [-0.2, -0.15) is 0 Å². The van der Waals surface area contributed by atoms with Crippen LogP contribution in [0.25, 0.3) is 0 Å². The predicted molar refractivity (Wildman–Crippen MR) is 66.8 cm³/mol. The van der Waals surface area contributed by atoms with Crippen molar-refractivity contribution < 1.29 is 5.11 Å². The normalized spacial score (nSPS) is 26.6. The highest BCUT2D eigenvalue weighted by molar-refractivity contribution is 7.71. The van der Waals surface area contributed by atoms with Crippen molar-refractivity contribution in [3.05, 3.63) is 16.7 Å². The van der Waals surface area contributed by atoms with Crippen LogP contribution in [-0.4, -0.2) is 14.7 Å². The summed E-state index contributed by atoms with van der Waals surface area (Å²) in [6.07, 6.45) is 8.20. The Bertz CT molecular complexity index is 396. The van der Waals surface area contributed by atoms with Crippen molar-refractivity contribution in [1.29, 1.82) is 0 Å². The number of aliphatic hydroxyl groups is 1. The molecule has 0 spiro atoms. The molecule has 0 saturated heterocycles. The monoisotopic (exact) mass is 240 g/mol. The molecule has 2 rings (SSSR count). The summed E-state index contributed by atoms with van der Waals surface area (Å²) in [4.78, 5) is 3.04. The maximum Gasteiger partial charge on any atom is 0.177 e. The summed E-state index contributed by atoms with van der Waals surface area (Å²) < 4.78 is 2.88. The van der Waals surface area contributed by atoms with E-state index < -0.39 is 0 Å². The second-order valence-corrected chi connectivity index (χ2v) is 5.18. The quantitative estimate of drug-likeness (QED) is 0.616. The van der Waals surface area contributed by atoms with Crippen molar-refractivity contribution in [2.24, 2.45) is 5.92 Å². The molecule has 3 nitrogen and oxygen atoms in total. The third-order valence-electron chi connectivity index (χ3n) is 3.70. The molecule has 0 radical (unpaired) electrons. The molecule has 0 bridgehead atoms. The van der Waals surface area contributed by atoms with Crippen LogP contribution in [0.3, 0.4) is 0 Å². The number of aromatic amines is 1. The zero-order valence-electron chi connectivity index (χ0n) is 9.78. The number of imidazole rings is 1. The molecule has 1 aromatic rings. The summed E-state index contributed by atoms with van der Waals surface area (Å²) in [7, 11) is 0. The number of hydrogen-bond acceptors (Lipinski definition) is 2. The van der Waals surface area contributed by atoms with Gasteiger partial charge in [-0.15, -0.1) is 0 Å². The first-order valence-corrected chi connectivity index (χ1v) is 6.54. The van der Waals surface area contributed by atoms with E-state index >= 15 is 0 Å². The van der Waals surface area contributed by atoms with Crippen LogP contribution in [0.1, 0.15) is 50.8 Å². The number of nitrogens with one attached hydrogen (secondary N) is 1. The molecular weight excluding hydrogens is 220 g/mol. The fourth-order valence-electron chi connectivity index (χ4n) is 2.76. The maximum atomic E-state index is 9.33. The highest BCUT2D eigenvalue weighted by atomic mass is 32.1. The summed E-state index contributed by atoms with van der Waals surface area (Å²) in [6, 6.07) is 0.461. The maximum absolute atomic E-state index is 9.33. The van der Waals surface area contributed by atoms with Crippen molar-refractivity contribution >= 4 is 12.2 Å². The third kappa shape index (κ3) is 2.23. The van der Waals surface area contributed by atoms with Gasteiger partial charge in [0.05, 0.1) is 12.3 Å². The summed E-state index contributed by atoms with van der Waals surface area (Å²) >= 11 is 5.31. The Morgan fingerprint density at radius 2 is 2.19 bits per heavy atom. The lowest BCUT2D eigenvalue weighted by atomic mass is 9.96. The molecule has 0 aromatic carbocycles. The average molecular weight is 240 g/mol. The number of hydrogen-bond donors (Lipinski definition) is 2. The van der Waals surface area contributed by atoms with Gasteiger partial charge in [0, 0.05) is 12.2 Å². The van der Waals surface area contributed by atoms with Gasteiger partial charge in [-0.25, -0.2) is 0 Å². The van der Waals surface area contributed by atoms with Gasteiger partial charge < -0.3 is 14.7 Å². The fraction of sp³-hybridized carbons (Fsp3) is 0.750. The minimum absolute atomic E-state index is 0.0658. The molecule has 1 saturated carbocycles. The zero-order chi connectivity index (χ0) is 11.5. The van der Waals surface area contributed by atoms with Crippen LogP contribution in [0, 0.1) is 10.7 Å². The first-order valence-electron chi connectivity index (χ1n) is 6.13. The van der Waals surface area contributed by atoms with Crippen LogP contribution in [0.2, 0.25) is 0 Å². The fourth-order valence-corrected chi connectivity index (χ4v) is 3.07. The van der Waals surface area contributed by atoms with E-state index in [1.165, 1.54) is 32.1 Å². The number of aliphatic hydroxyl groups excluding tert-OH is 1. The van der Waals surface area contributed by atoms with E-state index in [1.54, 1.807) is 0 Å². The highest BCUT2D eigenvalue weighted by Crippen LogP contribution is 2.33. The molecule has 4 heteroatoms. The molecule has 90 valence electrons. The Labute approximate surface area is 102 Å². The van der Waals surface area contributed by atoms with Crippen LogP contribution in [0.4, 0.5) is 0 Å². The van der Waals surface area contributed by atoms with E-state index in [2.05, 4.69) is 16.5 Å². The lowest BCUT2D eigenvalue weighted by Crippen LogP contribution is -2.18. The first kappa shape index (κ1) is 11.9. The van der Waals surface area contributed by atoms with Crippen LogP contribution in [-0.2, 0) is 6.61 Å². The molecule has 1 heterocycles. The summed E-state index contributed by atoms with van der Waals surface area (Å²) in [5.74, 6) is 0.648. The molecule has 2 unspecified atom stereocenters. The topological polar surface area (TPSA) is 41.0 Å². The lowest BCUT2D eigenvalue weighted by Gasteiger charge is -2.24. The summed E-state index contributed by atoms with van der Waals surface area (Å²) in [5, 5.41) is 9.33. The van der Waals surface area contributed by atoms with Crippen LogP contribution >= 0.6 is 12.2 Å². The minimum Gasteiger partial charge on any atom is -0.390 e. The standard InChI is InChI=1S/C12H20N2OS/c1-9-5-3-2-4-6-11(9)14-10(8-15)7-13-12(14)16/h7,9,11,15H,2-6,8H2,1H3,(H,13,16). The molecule has 1 aromatic heterocycles. The number of nitrogens with zero attached hydrogens (tertiary/aromatic N) is 1. The lowest BCUT2D eigenvalue weighted by molar-refractivity contribution is 0.251. The molecule has 1 aliphatic rings. The van der Waals surface area contributed by atoms with Gasteiger partial charge in [0.25, 0.3) is 0 Å². The largest absolute Gasteiger partial charge is 0.390 e. The van der Waals surface area contributed by atoms with Gasteiger partial charge in [-0.3, -0.25) is 0 Å². The summed E-state index contributed by atoms with van der Waals surface area (Å²) in [6.45, 7) is 2.36. The van der Waals surface area contributed by atoms with Gasteiger partial charge in [0.1, 0.15) is 0 Å². The summed E-state index contributed by atoms with van der Waals surface area (Å²) in [5.41, 5.74) is 0.920. The number of H-pyrrole nitrogens is 1. The van der Waals surface area contributed by atoms with Gasteiger partial charge in [-0.05, 0) is 31.0 Å². The minimum atomic E-state index is 0.0658. The Hall–Kier alpha value is -0.610. The molecule has 2 atom stereocenters. The first-order chi connectivity index (χ1) is 7.74. The van der Waals surface area contributed by atoms with E-state index in [-0.39, 0.29) is 6.61 Å². The third-order valence-corrected chi connectivity index (χ3v) is 4.01. The second kappa shape index (κ2) is 5.15. The molecule has 2 N–H and O–H groups in total. The molecule has 1 fully saturated rings. The van der Waals surface area contributed by atoms with Gasteiger partial charge >= 0.3 is 0 Å². The Morgan fingerprint density at radius 3 is 2.94 bits per heavy atom. The highest BCUT2D eigenvalue weighted by Gasteiger charge is 2.23. The van der Waals surface area contributed by atoms with Crippen molar-refractivity contribution in [2.45, 2.75) is 51.7 Å². The average Bonchev–Trinajstić information content (AvgIpc) is 2.51. The molecule has 0 aliphatic heterocycles. The molecular formula is C12H20N2OS. The Kier molecular flexibility index (Phi) is 3.82. The Balaban J connectivity index is 2.33. The van der Waals surface area contributed by atoms with Crippen molar-refractivity contribution in [1.82, 2.24) is 9.55 Å².